The Morgan fingerprint density at radius 1 is 1.20 bits per heavy atom. The summed E-state index contributed by atoms with van der Waals surface area (Å²) in [6, 6.07) is 11.9. The van der Waals surface area contributed by atoms with Crippen LogP contribution in [-0.2, 0) is 0 Å². The minimum Gasteiger partial charge on any atom is -0.494 e. The van der Waals surface area contributed by atoms with Crippen molar-refractivity contribution in [3.05, 3.63) is 65.0 Å². The van der Waals surface area contributed by atoms with E-state index >= 15 is 0 Å². The molecule has 1 N–H and O–H groups in total. The molecular formula is C17H19FO2. The molecule has 0 aliphatic rings. The maximum absolute atomic E-state index is 13.8. The third kappa shape index (κ3) is 3.36. The fourth-order valence-corrected chi connectivity index (χ4v) is 2.05. The molecule has 2 nitrogen and oxygen atoms in total. The molecule has 20 heavy (non-hydrogen) atoms. The number of halogens is 1. The van der Waals surface area contributed by atoms with Crippen molar-refractivity contribution in [3.8, 4) is 5.75 Å². The molecule has 0 spiro atoms. The summed E-state index contributed by atoms with van der Waals surface area (Å²) < 4.78 is 19.3. The van der Waals surface area contributed by atoms with Crippen LogP contribution in [0.1, 0.15) is 36.1 Å². The van der Waals surface area contributed by atoms with Crippen LogP contribution in [0, 0.1) is 12.7 Å². The number of aliphatic hydroxyl groups is 1. The second-order valence-corrected chi connectivity index (χ2v) is 4.85. The van der Waals surface area contributed by atoms with Gasteiger partial charge in [-0.2, -0.15) is 0 Å². The minimum atomic E-state index is -0.986. The lowest BCUT2D eigenvalue weighted by atomic mass is 9.99. The van der Waals surface area contributed by atoms with Gasteiger partial charge in [0.15, 0.2) is 0 Å². The predicted octanol–water partition coefficient (Wildman–Crippen LogP) is 4.00. The summed E-state index contributed by atoms with van der Waals surface area (Å²) in [5.74, 6) is 0.291. The van der Waals surface area contributed by atoms with Crippen molar-refractivity contribution < 1.29 is 14.2 Å². The molecule has 0 fully saturated rings. The van der Waals surface area contributed by atoms with Crippen molar-refractivity contribution in [1.82, 2.24) is 0 Å². The summed E-state index contributed by atoms with van der Waals surface area (Å²) in [6.45, 7) is 4.52. The zero-order chi connectivity index (χ0) is 14.5. The van der Waals surface area contributed by atoms with E-state index in [1.807, 2.05) is 19.9 Å². The van der Waals surface area contributed by atoms with Gasteiger partial charge in [-0.1, -0.05) is 36.8 Å². The molecule has 2 aromatic carbocycles. The van der Waals surface area contributed by atoms with Crippen molar-refractivity contribution in [2.45, 2.75) is 26.4 Å². The Bertz CT molecular complexity index is 581. The van der Waals surface area contributed by atoms with Crippen molar-refractivity contribution in [2.24, 2.45) is 0 Å². The van der Waals surface area contributed by atoms with Crippen molar-refractivity contribution >= 4 is 0 Å². The molecule has 0 bridgehead atoms. The summed E-state index contributed by atoms with van der Waals surface area (Å²) in [6.07, 6.45) is -0.0701. The molecule has 0 heterocycles. The molecule has 0 saturated heterocycles. The molecule has 0 aromatic heterocycles. The summed E-state index contributed by atoms with van der Waals surface area (Å²) in [7, 11) is 0. The Kier molecular flexibility index (Phi) is 4.74. The maximum Gasteiger partial charge on any atom is 0.129 e. The second kappa shape index (κ2) is 6.53. The van der Waals surface area contributed by atoms with E-state index in [0.29, 0.717) is 17.9 Å². The number of aryl methyl sites for hydroxylation is 1. The average molecular weight is 274 g/mol. The third-order valence-electron chi connectivity index (χ3n) is 3.09. The molecular weight excluding hydrogens is 255 g/mol. The number of benzene rings is 2. The van der Waals surface area contributed by atoms with E-state index in [4.69, 9.17) is 4.74 Å². The van der Waals surface area contributed by atoms with Gasteiger partial charge in [-0.15, -0.1) is 0 Å². The highest BCUT2D eigenvalue weighted by Crippen LogP contribution is 2.27. The van der Waals surface area contributed by atoms with Crippen molar-refractivity contribution in [3.63, 3.8) is 0 Å². The molecule has 0 amide bonds. The van der Waals surface area contributed by atoms with Crippen LogP contribution < -0.4 is 4.74 Å². The number of hydrogen-bond donors (Lipinski definition) is 1. The highest BCUT2D eigenvalue weighted by molar-refractivity contribution is 5.37. The van der Waals surface area contributed by atoms with Gasteiger partial charge in [-0.3, -0.25) is 0 Å². The van der Waals surface area contributed by atoms with Gasteiger partial charge in [0.2, 0.25) is 0 Å². The standard InChI is InChI=1S/C17H19FO2/c1-3-9-20-14-6-4-5-13(11-14)17(19)15-10-12(2)7-8-16(15)18/h4-8,10-11,17,19H,3,9H2,1-2H3. The van der Waals surface area contributed by atoms with E-state index < -0.39 is 11.9 Å². The van der Waals surface area contributed by atoms with Gasteiger partial charge in [-0.25, -0.2) is 4.39 Å². The molecule has 106 valence electrons. The highest BCUT2D eigenvalue weighted by atomic mass is 19.1. The van der Waals surface area contributed by atoms with Crippen LogP contribution in [0.15, 0.2) is 42.5 Å². The van der Waals surface area contributed by atoms with Gasteiger partial charge in [0, 0.05) is 5.56 Å². The second-order valence-electron chi connectivity index (χ2n) is 4.85. The third-order valence-corrected chi connectivity index (χ3v) is 3.09. The lowest BCUT2D eigenvalue weighted by Gasteiger charge is -2.14. The molecule has 0 aliphatic heterocycles. The topological polar surface area (TPSA) is 29.5 Å². The fraction of sp³-hybridized carbons (Fsp3) is 0.294. The molecule has 1 atom stereocenters. The zero-order valence-corrected chi connectivity index (χ0v) is 11.8. The fourth-order valence-electron chi connectivity index (χ4n) is 2.05. The highest BCUT2D eigenvalue weighted by Gasteiger charge is 2.15. The van der Waals surface area contributed by atoms with Crippen LogP contribution in [-0.4, -0.2) is 11.7 Å². The van der Waals surface area contributed by atoms with Gasteiger partial charge in [0.25, 0.3) is 0 Å². The van der Waals surface area contributed by atoms with E-state index in [9.17, 15) is 9.50 Å². The van der Waals surface area contributed by atoms with Crippen LogP contribution in [0.25, 0.3) is 0 Å². The van der Waals surface area contributed by atoms with E-state index in [1.165, 1.54) is 6.07 Å². The Hall–Kier alpha value is -1.87. The summed E-state index contributed by atoms with van der Waals surface area (Å²) in [5.41, 5.74) is 1.83. The van der Waals surface area contributed by atoms with Crippen molar-refractivity contribution in [1.29, 1.82) is 0 Å². The first-order valence-electron chi connectivity index (χ1n) is 6.78. The Morgan fingerprint density at radius 3 is 2.75 bits per heavy atom. The Morgan fingerprint density at radius 2 is 2.00 bits per heavy atom. The van der Waals surface area contributed by atoms with E-state index in [1.54, 1.807) is 30.3 Å². The molecule has 3 heteroatoms. The first-order chi connectivity index (χ1) is 9.61. The van der Waals surface area contributed by atoms with Crippen LogP contribution in [0.5, 0.6) is 5.75 Å². The molecule has 0 saturated carbocycles. The average Bonchev–Trinajstić information content (AvgIpc) is 2.47. The minimum absolute atomic E-state index is 0.289. The molecule has 1 unspecified atom stereocenters. The Labute approximate surface area is 118 Å². The monoisotopic (exact) mass is 274 g/mol. The predicted molar refractivity (Wildman–Crippen MR) is 77.4 cm³/mol. The SMILES string of the molecule is CCCOc1cccc(C(O)c2cc(C)ccc2F)c1. The van der Waals surface area contributed by atoms with Gasteiger partial charge in [0.1, 0.15) is 17.7 Å². The normalized spacial score (nSPS) is 12.2. The van der Waals surface area contributed by atoms with Gasteiger partial charge in [-0.05, 0) is 37.1 Å². The van der Waals surface area contributed by atoms with Crippen LogP contribution in [0.2, 0.25) is 0 Å². The smallest absolute Gasteiger partial charge is 0.129 e. The first kappa shape index (κ1) is 14.5. The van der Waals surface area contributed by atoms with Gasteiger partial charge >= 0.3 is 0 Å². The van der Waals surface area contributed by atoms with E-state index in [0.717, 1.165) is 12.0 Å². The van der Waals surface area contributed by atoms with E-state index in [-0.39, 0.29) is 5.56 Å². The molecule has 2 aromatic rings. The number of aliphatic hydroxyl groups excluding tert-OH is 1. The maximum atomic E-state index is 13.8. The quantitative estimate of drug-likeness (QED) is 0.892. The molecule has 0 aliphatic carbocycles. The van der Waals surface area contributed by atoms with Crippen molar-refractivity contribution in [2.75, 3.05) is 6.61 Å². The number of ether oxygens (including phenoxy) is 1. The zero-order valence-electron chi connectivity index (χ0n) is 11.8. The van der Waals surface area contributed by atoms with Crippen LogP contribution in [0.3, 0.4) is 0 Å². The van der Waals surface area contributed by atoms with Gasteiger partial charge in [0.05, 0.1) is 6.61 Å². The number of rotatable bonds is 5. The van der Waals surface area contributed by atoms with Crippen LogP contribution >= 0.6 is 0 Å². The number of hydrogen-bond acceptors (Lipinski definition) is 2. The van der Waals surface area contributed by atoms with Crippen LogP contribution in [0.4, 0.5) is 4.39 Å². The molecule has 0 radical (unpaired) electrons. The summed E-state index contributed by atoms with van der Waals surface area (Å²) >= 11 is 0. The Balaban J connectivity index is 2.28. The van der Waals surface area contributed by atoms with E-state index in [2.05, 4.69) is 0 Å². The first-order valence-corrected chi connectivity index (χ1v) is 6.78. The lowest BCUT2D eigenvalue weighted by molar-refractivity contribution is 0.214. The molecule has 2 rings (SSSR count). The summed E-state index contributed by atoms with van der Waals surface area (Å²) in [4.78, 5) is 0. The largest absolute Gasteiger partial charge is 0.494 e. The summed E-state index contributed by atoms with van der Waals surface area (Å²) in [5, 5.41) is 10.4. The lowest BCUT2D eigenvalue weighted by Crippen LogP contribution is -2.04. The van der Waals surface area contributed by atoms with Gasteiger partial charge < -0.3 is 9.84 Å².